The molecule has 6 heteroatoms. The van der Waals surface area contributed by atoms with Crippen molar-refractivity contribution in [3.63, 3.8) is 0 Å². The van der Waals surface area contributed by atoms with E-state index in [1.54, 1.807) is 6.92 Å². The number of carbonyl (C=O) groups is 1. The second-order valence-electron chi connectivity index (χ2n) is 3.38. The maximum Gasteiger partial charge on any atom is 0.339 e. The van der Waals surface area contributed by atoms with Gasteiger partial charge in [0.05, 0.1) is 31.4 Å². The molecule has 0 bridgehead atoms. The molecule has 0 aliphatic heterocycles. The summed E-state index contributed by atoms with van der Waals surface area (Å²) in [6.07, 6.45) is -1.49. The zero-order valence-electron chi connectivity index (χ0n) is 10.4. The van der Waals surface area contributed by atoms with Crippen LogP contribution in [0.4, 0.5) is 0 Å². The van der Waals surface area contributed by atoms with Crippen molar-refractivity contribution in [2.75, 3.05) is 20.8 Å². The third kappa shape index (κ3) is 3.05. The molecule has 1 aromatic rings. The standard InChI is InChI=1S/C12H15ClO5/c1-4-18-12(15)11(14)10-8(13)5-7(16-2)6-9(10)17-3/h5-6,11,14H,4H2,1-3H3. The summed E-state index contributed by atoms with van der Waals surface area (Å²) in [5.74, 6) is -0.0422. The van der Waals surface area contributed by atoms with Gasteiger partial charge in [-0.25, -0.2) is 4.79 Å². The van der Waals surface area contributed by atoms with Gasteiger partial charge in [0.1, 0.15) is 11.5 Å². The summed E-state index contributed by atoms with van der Waals surface area (Å²) in [5.41, 5.74) is 0.165. The van der Waals surface area contributed by atoms with Crippen LogP contribution in [-0.4, -0.2) is 31.9 Å². The number of aliphatic hydroxyl groups excluding tert-OH is 1. The summed E-state index contributed by atoms with van der Waals surface area (Å²) >= 11 is 6.00. The van der Waals surface area contributed by atoms with Crippen LogP contribution in [0.3, 0.4) is 0 Å². The Kier molecular flexibility index (Phi) is 5.25. The molecule has 1 aromatic carbocycles. The maximum absolute atomic E-state index is 11.5. The molecule has 0 spiro atoms. The summed E-state index contributed by atoms with van der Waals surface area (Å²) < 4.78 is 14.8. The first-order chi connectivity index (χ1) is 8.54. The summed E-state index contributed by atoms with van der Waals surface area (Å²) in [7, 11) is 2.89. The highest BCUT2D eigenvalue weighted by atomic mass is 35.5. The van der Waals surface area contributed by atoms with E-state index in [2.05, 4.69) is 0 Å². The number of aliphatic hydroxyl groups is 1. The van der Waals surface area contributed by atoms with Gasteiger partial charge in [-0.05, 0) is 13.0 Å². The Morgan fingerprint density at radius 1 is 1.39 bits per heavy atom. The molecule has 1 atom stereocenters. The van der Waals surface area contributed by atoms with Gasteiger partial charge in [-0.1, -0.05) is 11.6 Å². The number of esters is 1. The fraction of sp³-hybridized carbons (Fsp3) is 0.417. The molecule has 0 aliphatic carbocycles. The molecule has 0 heterocycles. The minimum atomic E-state index is -1.49. The van der Waals surface area contributed by atoms with Crippen LogP contribution in [0.1, 0.15) is 18.6 Å². The van der Waals surface area contributed by atoms with E-state index in [1.807, 2.05) is 0 Å². The first kappa shape index (κ1) is 14.6. The predicted octanol–water partition coefficient (Wildman–Crippen LogP) is 1.95. The van der Waals surface area contributed by atoms with Crippen LogP contribution in [0.15, 0.2) is 12.1 Å². The minimum absolute atomic E-state index is 0.165. The monoisotopic (exact) mass is 274 g/mol. The molecule has 1 rings (SSSR count). The van der Waals surface area contributed by atoms with Gasteiger partial charge in [0.15, 0.2) is 6.10 Å². The van der Waals surface area contributed by atoms with Crippen molar-refractivity contribution in [3.8, 4) is 11.5 Å². The molecule has 0 fully saturated rings. The summed E-state index contributed by atoms with van der Waals surface area (Å²) in [4.78, 5) is 11.5. The van der Waals surface area contributed by atoms with Crippen molar-refractivity contribution in [2.45, 2.75) is 13.0 Å². The van der Waals surface area contributed by atoms with Crippen LogP contribution in [0.25, 0.3) is 0 Å². The highest BCUT2D eigenvalue weighted by Crippen LogP contribution is 2.36. The number of hydrogen-bond acceptors (Lipinski definition) is 5. The largest absolute Gasteiger partial charge is 0.497 e. The van der Waals surface area contributed by atoms with E-state index >= 15 is 0 Å². The molecule has 0 amide bonds. The Labute approximate surface area is 110 Å². The van der Waals surface area contributed by atoms with Crippen LogP contribution in [-0.2, 0) is 9.53 Å². The Morgan fingerprint density at radius 3 is 2.56 bits per heavy atom. The van der Waals surface area contributed by atoms with Gasteiger partial charge < -0.3 is 19.3 Å². The molecule has 0 aliphatic rings. The van der Waals surface area contributed by atoms with Crippen molar-refractivity contribution < 1.29 is 24.1 Å². The van der Waals surface area contributed by atoms with E-state index in [0.29, 0.717) is 5.75 Å². The van der Waals surface area contributed by atoms with Gasteiger partial charge in [-0.15, -0.1) is 0 Å². The summed E-state index contributed by atoms with van der Waals surface area (Å²) in [5, 5.41) is 10.1. The fourth-order valence-electron chi connectivity index (χ4n) is 1.46. The van der Waals surface area contributed by atoms with Crippen LogP contribution < -0.4 is 9.47 Å². The van der Waals surface area contributed by atoms with Crippen LogP contribution in [0.5, 0.6) is 11.5 Å². The molecule has 100 valence electrons. The Balaban J connectivity index is 3.18. The van der Waals surface area contributed by atoms with Gasteiger partial charge in [-0.2, -0.15) is 0 Å². The maximum atomic E-state index is 11.5. The minimum Gasteiger partial charge on any atom is -0.497 e. The molecule has 1 unspecified atom stereocenters. The van der Waals surface area contributed by atoms with Gasteiger partial charge in [0.2, 0.25) is 0 Å². The highest BCUT2D eigenvalue weighted by Gasteiger charge is 2.26. The lowest BCUT2D eigenvalue weighted by molar-refractivity contribution is -0.153. The normalized spacial score (nSPS) is 11.8. The van der Waals surface area contributed by atoms with Crippen molar-refractivity contribution in [2.24, 2.45) is 0 Å². The van der Waals surface area contributed by atoms with Gasteiger partial charge >= 0.3 is 5.97 Å². The average Bonchev–Trinajstić information content (AvgIpc) is 2.37. The fourth-order valence-corrected chi connectivity index (χ4v) is 1.76. The zero-order valence-corrected chi connectivity index (χ0v) is 11.2. The summed E-state index contributed by atoms with van der Waals surface area (Å²) in [6.45, 7) is 1.82. The molecule has 18 heavy (non-hydrogen) atoms. The lowest BCUT2D eigenvalue weighted by atomic mass is 10.1. The number of methoxy groups -OCH3 is 2. The molecule has 5 nitrogen and oxygen atoms in total. The zero-order chi connectivity index (χ0) is 13.7. The van der Waals surface area contributed by atoms with E-state index in [0.717, 1.165) is 0 Å². The quantitative estimate of drug-likeness (QED) is 0.832. The Bertz CT molecular complexity index is 433. The van der Waals surface area contributed by atoms with Crippen molar-refractivity contribution in [1.29, 1.82) is 0 Å². The first-order valence-electron chi connectivity index (χ1n) is 5.31. The Hall–Kier alpha value is -1.46. The number of ether oxygens (including phenoxy) is 3. The lowest BCUT2D eigenvalue weighted by Crippen LogP contribution is -2.16. The van der Waals surface area contributed by atoms with Crippen molar-refractivity contribution in [3.05, 3.63) is 22.7 Å². The SMILES string of the molecule is CCOC(=O)C(O)c1c(Cl)cc(OC)cc1OC. The third-order valence-electron chi connectivity index (χ3n) is 2.30. The third-order valence-corrected chi connectivity index (χ3v) is 2.62. The second-order valence-corrected chi connectivity index (χ2v) is 3.79. The first-order valence-corrected chi connectivity index (χ1v) is 5.69. The smallest absolute Gasteiger partial charge is 0.339 e. The van der Waals surface area contributed by atoms with E-state index in [4.69, 9.17) is 25.8 Å². The van der Waals surface area contributed by atoms with Crippen LogP contribution >= 0.6 is 11.6 Å². The molecule has 1 N–H and O–H groups in total. The summed E-state index contributed by atoms with van der Waals surface area (Å²) in [6, 6.07) is 3.02. The highest BCUT2D eigenvalue weighted by molar-refractivity contribution is 6.32. The number of halogens is 1. The van der Waals surface area contributed by atoms with Gasteiger partial charge in [-0.3, -0.25) is 0 Å². The van der Waals surface area contributed by atoms with Gasteiger partial charge in [0.25, 0.3) is 0 Å². The van der Waals surface area contributed by atoms with E-state index < -0.39 is 12.1 Å². The van der Waals surface area contributed by atoms with E-state index in [1.165, 1.54) is 26.4 Å². The molecule has 0 saturated carbocycles. The molecule has 0 saturated heterocycles. The average molecular weight is 275 g/mol. The molecule has 0 radical (unpaired) electrons. The van der Waals surface area contributed by atoms with Crippen molar-refractivity contribution >= 4 is 17.6 Å². The number of benzene rings is 1. The van der Waals surface area contributed by atoms with Gasteiger partial charge in [0, 0.05) is 6.07 Å². The van der Waals surface area contributed by atoms with Crippen LogP contribution in [0, 0.1) is 0 Å². The Morgan fingerprint density at radius 2 is 2.06 bits per heavy atom. The van der Waals surface area contributed by atoms with E-state index in [-0.39, 0.29) is 22.9 Å². The molecular formula is C12H15ClO5. The number of hydrogen-bond donors (Lipinski definition) is 1. The predicted molar refractivity (Wildman–Crippen MR) is 66.1 cm³/mol. The molecule has 0 aromatic heterocycles. The van der Waals surface area contributed by atoms with E-state index in [9.17, 15) is 9.90 Å². The lowest BCUT2D eigenvalue weighted by Gasteiger charge is -2.16. The van der Waals surface area contributed by atoms with Crippen LogP contribution in [0.2, 0.25) is 5.02 Å². The van der Waals surface area contributed by atoms with Crippen molar-refractivity contribution in [1.82, 2.24) is 0 Å². The second kappa shape index (κ2) is 6.47. The number of carbonyl (C=O) groups excluding carboxylic acids is 1. The molecular weight excluding hydrogens is 260 g/mol. The topological polar surface area (TPSA) is 65.0 Å². The number of rotatable bonds is 5.